The molecule has 0 bridgehead atoms. The first-order valence-electron chi connectivity index (χ1n) is 4.55. The summed E-state index contributed by atoms with van der Waals surface area (Å²) in [6.07, 6.45) is -0.560. The highest BCUT2D eigenvalue weighted by molar-refractivity contribution is 6.30. The summed E-state index contributed by atoms with van der Waals surface area (Å²) < 4.78 is 0. The molecule has 0 radical (unpaired) electrons. The fraction of sp³-hybridized carbons (Fsp3) is 0.300. The molecule has 4 nitrogen and oxygen atoms in total. The number of benzene rings is 1. The monoisotopic (exact) mass is 227 g/mol. The number of phenolic OH excluding ortho intramolecular Hbond substituents is 1. The second-order valence-electron chi connectivity index (χ2n) is 3.50. The van der Waals surface area contributed by atoms with Gasteiger partial charge < -0.3 is 15.1 Å². The highest BCUT2D eigenvalue weighted by Crippen LogP contribution is 2.32. The molecule has 1 aliphatic rings. The first-order valence-corrected chi connectivity index (χ1v) is 4.92. The zero-order valence-electron chi connectivity index (χ0n) is 7.85. The van der Waals surface area contributed by atoms with Gasteiger partial charge in [0.05, 0.1) is 24.8 Å². The molecule has 1 amide bonds. The van der Waals surface area contributed by atoms with Crippen LogP contribution in [-0.2, 0) is 4.79 Å². The van der Waals surface area contributed by atoms with Crippen LogP contribution in [0.5, 0.6) is 5.75 Å². The van der Waals surface area contributed by atoms with E-state index in [1.165, 1.54) is 11.0 Å². The molecule has 5 heteroatoms. The number of carbonyl (C=O) groups is 1. The predicted octanol–water partition coefficient (Wildman–Crippen LogP) is 1.14. The number of aromatic hydroxyl groups is 1. The smallest absolute Gasteiger partial charge is 0.229 e. The molecule has 0 aliphatic carbocycles. The molecule has 80 valence electrons. The molecular weight excluding hydrogens is 218 g/mol. The highest BCUT2D eigenvalue weighted by atomic mass is 35.5. The van der Waals surface area contributed by atoms with Crippen molar-refractivity contribution in [3.63, 3.8) is 0 Å². The molecule has 15 heavy (non-hydrogen) atoms. The Bertz CT molecular complexity index is 408. The van der Waals surface area contributed by atoms with Crippen LogP contribution in [0.3, 0.4) is 0 Å². The maximum absolute atomic E-state index is 11.4. The molecule has 1 unspecified atom stereocenters. The van der Waals surface area contributed by atoms with E-state index in [2.05, 4.69) is 0 Å². The number of carbonyl (C=O) groups excluding carboxylic acids is 1. The van der Waals surface area contributed by atoms with E-state index in [4.69, 9.17) is 11.6 Å². The summed E-state index contributed by atoms with van der Waals surface area (Å²) in [4.78, 5) is 12.8. The summed E-state index contributed by atoms with van der Waals surface area (Å²) in [5, 5.41) is 19.3. The summed E-state index contributed by atoms with van der Waals surface area (Å²) in [5.41, 5.74) is 0.390. The Morgan fingerprint density at radius 2 is 2.20 bits per heavy atom. The predicted molar refractivity (Wildman–Crippen MR) is 56.1 cm³/mol. The van der Waals surface area contributed by atoms with Gasteiger partial charge in [0, 0.05) is 11.1 Å². The summed E-state index contributed by atoms with van der Waals surface area (Å²) in [6, 6.07) is 4.52. The molecule has 1 atom stereocenters. The van der Waals surface area contributed by atoms with Crippen LogP contribution in [0.2, 0.25) is 5.02 Å². The van der Waals surface area contributed by atoms with Crippen LogP contribution in [0, 0.1) is 0 Å². The van der Waals surface area contributed by atoms with Gasteiger partial charge >= 0.3 is 0 Å². The van der Waals surface area contributed by atoms with Crippen molar-refractivity contribution in [2.45, 2.75) is 12.5 Å². The second kappa shape index (κ2) is 3.72. The van der Waals surface area contributed by atoms with E-state index in [0.29, 0.717) is 10.7 Å². The Morgan fingerprint density at radius 1 is 1.47 bits per heavy atom. The van der Waals surface area contributed by atoms with Gasteiger partial charge in [0.15, 0.2) is 0 Å². The van der Waals surface area contributed by atoms with E-state index in [-0.39, 0.29) is 24.6 Å². The Hall–Kier alpha value is -1.26. The molecule has 2 rings (SSSR count). The minimum atomic E-state index is -0.660. The van der Waals surface area contributed by atoms with Crippen LogP contribution < -0.4 is 4.90 Å². The normalized spacial score (nSPS) is 21.1. The van der Waals surface area contributed by atoms with Crippen molar-refractivity contribution in [1.29, 1.82) is 0 Å². The molecular formula is C10H10ClNO3. The van der Waals surface area contributed by atoms with Gasteiger partial charge in [-0.2, -0.15) is 0 Å². The van der Waals surface area contributed by atoms with Crippen LogP contribution in [-0.4, -0.2) is 28.8 Å². The fourth-order valence-corrected chi connectivity index (χ4v) is 1.81. The molecule has 2 N–H and O–H groups in total. The lowest BCUT2D eigenvalue weighted by Crippen LogP contribution is -2.25. The van der Waals surface area contributed by atoms with E-state index in [0.717, 1.165) is 0 Å². The quantitative estimate of drug-likeness (QED) is 0.757. The van der Waals surface area contributed by atoms with Gasteiger partial charge in [-0.3, -0.25) is 4.79 Å². The first-order chi connectivity index (χ1) is 7.08. The number of amides is 1. The van der Waals surface area contributed by atoms with Crippen molar-refractivity contribution < 1.29 is 15.0 Å². The number of hydrogen-bond donors (Lipinski definition) is 2. The molecule has 1 saturated heterocycles. The zero-order valence-corrected chi connectivity index (χ0v) is 8.61. The molecule has 0 aromatic heterocycles. The highest BCUT2D eigenvalue weighted by Gasteiger charge is 2.30. The third-order valence-electron chi connectivity index (χ3n) is 2.33. The average molecular weight is 228 g/mol. The van der Waals surface area contributed by atoms with E-state index < -0.39 is 6.10 Å². The SMILES string of the molecule is O=C1CC(O)CN1c1ccc(Cl)cc1O. The van der Waals surface area contributed by atoms with Crippen molar-refractivity contribution in [1.82, 2.24) is 0 Å². The van der Waals surface area contributed by atoms with Crippen molar-refractivity contribution in [3.8, 4) is 5.75 Å². The Morgan fingerprint density at radius 3 is 2.73 bits per heavy atom. The number of anilines is 1. The number of aliphatic hydroxyl groups excluding tert-OH is 1. The Labute approximate surface area is 91.7 Å². The minimum Gasteiger partial charge on any atom is -0.506 e. The number of hydrogen-bond acceptors (Lipinski definition) is 3. The van der Waals surface area contributed by atoms with Crippen LogP contribution in [0.15, 0.2) is 18.2 Å². The van der Waals surface area contributed by atoms with Gasteiger partial charge in [-0.15, -0.1) is 0 Å². The number of halogens is 1. The van der Waals surface area contributed by atoms with Crippen molar-refractivity contribution in [2.24, 2.45) is 0 Å². The third-order valence-corrected chi connectivity index (χ3v) is 2.57. The van der Waals surface area contributed by atoms with Gasteiger partial charge in [-0.25, -0.2) is 0 Å². The van der Waals surface area contributed by atoms with Crippen molar-refractivity contribution >= 4 is 23.2 Å². The minimum absolute atomic E-state index is 0.0510. The fourth-order valence-electron chi connectivity index (χ4n) is 1.65. The molecule has 0 saturated carbocycles. The van der Waals surface area contributed by atoms with E-state index in [1.807, 2.05) is 0 Å². The molecule has 0 spiro atoms. The second-order valence-corrected chi connectivity index (χ2v) is 3.93. The number of rotatable bonds is 1. The summed E-state index contributed by atoms with van der Waals surface area (Å²) >= 11 is 5.68. The van der Waals surface area contributed by atoms with Crippen molar-refractivity contribution in [2.75, 3.05) is 11.4 Å². The average Bonchev–Trinajstić information content (AvgIpc) is 2.45. The summed E-state index contributed by atoms with van der Waals surface area (Å²) in [7, 11) is 0. The van der Waals surface area contributed by atoms with Crippen LogP contribution in [0.1, 0.15) is 6.42 Å². The number of nitrogens with zero attached hydrogens (tertiary/aromatic N) is 1. The zero-order chi connectivity index (χ0) is 11.0. The molecule has 1 heterocycles. The standard InChI is InChI=1S/C10H10ClNO3/c11-6-1-2-8(9(14)3-6)12-5-7(13)4-10(12)15/h1-3,7,13-14H,4-5H2. The topological polar surface area (TPSA) is 60.8 Å². The maximum Gasteiger partial charge on any atom is 0.229 e. The summed E-state index contributed by atoms with van der Waals surface area (Å²) in [6.45, 7) is 0.216. The first kappa shape index (κ1) is 10.3. The third kappa shape index (κ3) is 1.91. The largest absolute Gasteiger partial charge is 0.506 e. The molecule has 1 aliphatic heterocycles. The van der Waals surface area contributed by atoms with E-state index in [1.54, 1.807) is 12.1 Å². The number of β-amino-alcohol motifs (C(OH)–C–C–N with tert-alkyl or cyclic N) is 1. The molecule has 1 aromatic rings. The number of aliphatic hydroxyl groups is 1. The molecule has 1 fully saturated rings. The van der Waals surface area contributed by atoms with Gasteiger partial charge in [0.25, 0.3) is 0 Å². The van der Waals surface area contributed by atoms with Crippen LogP contribution >= 0.6 is 11.6 Å². The molecule has 1 aromatic carbocycles. The van der Waals surface area contributed by atoms with Crippen LogP contribution in [0.4, 0.5) is 5.69 Å². The maximum atomic E-state index is 11.4. The van der Waals surface area contributed by atoms with Gasteiger partial charge in [-0.05, 0) is 12.1 Å². The van der Waals surface area contributed by atoms with Crippen LogP contribution in [0.25, 0.3) is 0 Å². The number of phenols is 1. The summed E-state index contributed by atoms with van der Waals surface area (Å²) in [5.74, 6) is -0.245. The lowest BCUT2D eigenvalue weighted by Gasteiger charge is -2.17. The van der Waals surface area contributed by atoms with Gasteiger partial charge in [-0.1, -0.05) is 11.6 Å². The lowest BCUT2D eigenvalue weighted by atomic mass is 10.2. The Balaban J connectivity index is 2.34. The van der Waals surface area contributed by atoms with Gasteiger partial charge in [0.2, 0.25) is 5.91 Å². The van der Waals surface area contributed by atoms with E-state index >= 15 is 0 Å². The van der Waals surface area contributed by atoms with Gasteiger partial charge in [0.1, 0.15) is 5.75 Å². The lowest BCUT2D eigenvalue weighted by molar-refractivity contribution is -0.117. The van der Waals surface area contributed by atoms with E-state index in [9.17, 15) is 15.0 Å². The Kier molecular flexibility index (Phi) is 2.54. The van der Waals surface area contributed by atoms with Crippen molar-refractivity contribution in [3.05, 3.63) is 23.2 Å².